The maximum Gasteiger partial charge on any atom is 0.336 e. The van der Waals surface area contributed by atoms with Crippen LogP contribution in [0, 0.1) is 5.92 Å². The monoisotopic (exact) mass is 537 g/mol. The van der Waals surface area contributed by atoms with Crippen molar-refractivity contribution in [1.82, 2.24) is 4.90 Å². The standard InChI is InChI=1S/C31H36ClNO5/c1-3-4-7-22-18-28(34)38-27-19-24(13-14-25(22)27)37-20(2)30(35)33-17-16-31(36)15-6-5-8-26(31)29(33)21-9-11-23(32)12-10-21/h9-14,18-20,26,29,36H,3-8,15-17H2,1-2H3/t20-,26-,29-,31+/m0/s1. The Hall–Kier alpha value is -2.83. The van der Waals surface area contributed by atoms with Crippen molar-refractivity contribution >= 4 is 28.5 Å². The third-order valence-electron chi connectivity index (χ3n) is 8.32. The molecule has 1 aliphatic carbocycles. The van der Waals surface area contributed by atoms with Gasteiger partial charge in [-0.2, -0.15) is 0 Å². The summed E-state index contributed by atoms with van der Waals surface area (Å²) in [6.07, 6.45) is 6.30. The number of nitrogens with zero attached hydrogens (tertiary/aromatic N) is 1. The molecule has 0 radical (unpaired) electrons. The predicted molar refractivity (Wildman–Crippen MR) is 149 cm³/mol. The summed E-state index contributed by atoms with van der Waals surface area (Å²) in [5.41, 5.74) is 1.25. The van der Waals surface area contributed by atoms with Gasteiger partial charge in [0.15, 0.2) is 6.10 Å². The summed E-state index contributed by atoms with van der Waals surface area (Å²) in [5, 5.41) is 13.0. The fourth-order valence-electron chi connectivity index (χ4n) is 6.35. The quantitative estimate of drug-likeness (QED) is 0.350. The Balaban J connectivity index is 1.40. The van der Waals surface area contributed by atoms with Crippen molar-refractivity contribution in [3.63, 3.8) is 0 Å². The first-order chi connectivity index (χ1) is 18.3. The second-order valence-electron chi connectivity index (χ2n) is 10.8. The maximum absolute atomic E-state index is 13.8. The molecular weight excluding hydrogens is 502 g/mol. The number of aryl methyl sites for hydroxylation is 1. The number of carbonyl (C=O) groups is 1. The van der Waals surface area contributed by atoms with E-state index in [9.17, 15) is 14.7 Å². The van der Waals surface area contributed by atoms with E-state index in [2.05, 4.69) is 6.92 Å². The predicted octanol–water partition coefficient (Wildman–Crippen LogP) is 6.45. The number of fused-ring (bicyclic) bond motifs is 2. The number of hydrogen-bond donors (Lipinski definition) is 1. The minimum absolute atomic E-state index is 0.0428. The maximum atomic E-state index is 13.8. The van der Waals surface area contributed by atoms with Crippen molar-refractivity contribution in [1.29, 1.82) is 0 Å². The van der Waals surface area contributed by atoms with Gasteiger partial charge in [-0.25, -0.2) is 4.79 Å². The highest BCUT2D eigenvalue weighted by Crippen LogP contribution is 2.49. The number of amides is 1. The van der Waals surface area contributed by atoms with Crippen LogP contribution in [0.15, 0.2) is 57.7 Å². The number of ether oxygens (including phenoxy) is 1. The molecule has 5 rings (SSSR count). The highest BCUT2D eigenvalue weighted by Gasteiger charge is 2.50. The van der Waals surface area contributed by atoms with E-state index in [4.69, 9.17) is 20.8 Å². The molecule has 38 heavy (non-hydrogen) atoms. The van der Waals surface area contributed by atoms with Crippen molar-refractivity contribution in [3.8, 4) is 5.75 Å². The van der Waals surface area contributed by atoms with Gasteiger partial charge in [0.2, 0.25) is 0 Å². The molecule has 0 spiro atoms. The lowest BCUT2D eigenvalue weighted by Crippen LogP contribution is -2.58. The first-order valence-corrected chi connectivity index (χ1v) is 14.2. The Morgan fingerprint density at radius 3 is 2.74 bits per heavy atom. The van der Waals surface area contributed by atoms with E-state index in [-0.39, 0.29) is 23.5 Å². The number of aliphatic hydroxyl groups is 1. The zero-order valence-corrected chi connectivity index (χ0v) is 22.9. The fraction of sp³-hybridized carbons (Fsp3) is 0.484. The van der Waals surface area contributed by atoms with Gasteiger partial charge >= 0.3 is 5.63 Å². The van der Waals surface area contributed by atoms with E-state index in [1.807, 2.05) is 41.3 Å². The van der Waals surface area contributed by atoms with Crippen molar-refractivity contribution in [2.24, 2.45) is 5.92 Å². The zero-order chi connectivity index (χ0) is 26.9. The molecule has 2 aromatic carbocycles. The molecule has 1 amide bonds. The average Bonchev–Trinajstić information content (AvgIpc) is 2.90. The SMILES string of the molecule is CCCCc1cc(=O)oc2cc(O[C@@H](C)C(=O)N3CC[C@]4(O)CCCC[C@H]4[C@@H]3c3ccc(Cl)cc3)ccc12. The second-order valence-corrected chi connectivity index (χ2v) is 11.3. The summed E-state index contributed by atoms with van der Waals surface area (Å²) in [7, 11) is 0. The Morgan fingerprint density at radius 1 is 1.18 bits per heavy atom. The van der Waals surface area contributed by atoms with Gasteiger partial charge in [0, 0.05) is 35.0 Å². The molecule has 6 nitrogen and oxygen atoms in total. The number of carbonyl (C=O) groups excluding carboxylic acids is 1. The normalized spacial score (nSPS) is 24.2. The highest BCUT2D eigenvalue weighted by atomic mass is 35.5. The van der Waals surface area contributed by atoms with Crippen molar-refractivity contribution in [3.05, 3.63) is 75.1 Å². The first-order valence-electron chi connectivity index (χ1n) is 13.8. The molecule has 1 saturated heterocycles. The molecule has 2 heterocycles. The molecule has 0 bridgehead atoms. The van der Waals surface area contributed by atoms with Crippen LogP contribution in [0.1, 0.15) is 76.0 Å². The molecule has 202 valence electrons. The third-order valence-corrected chi connectivity index (χ3v) is 8.58. The van der Waals surface area contributed by atoms with Crippen molar-refractivity contribution in [2.75, 3.05) is 6.54 Å². The van der Waals surface area contributed by atoms with Crippen LogP contribution >= 0.6 is 11.6 Å². The van der Waals surface area contributed by atoms with Crippen LogP contribution in [0.25, 0.3) is 11.0 Å². The topological polar surface area (TPSA) is 80.0 Å². The van der Waals surface area contributed by atoms with Crippen LogP contribution in [-0.4, -0.2) is 34.2 Å². The van der Waals surface area contributed by atoms with Gasteiger partial charge in [0.1, 0.15) is 11.3 Å². The van der Waals surface area contributed by atoms with Gasteiger partial charge in [-0.15, -0.1) is 0 Å². The smallest absolute Gasteiger partial charge is 0.336 e. The van der Waals surface area contributed by atoms with Crippen LogP contribution in [0.4, 0.5) is 0 Å². The highest BCUT2D eigenvalue weighted by molar-refractivity contribution is 6.30. The molecule has 1 saturated carbocycles. The van der Waals surface area contributed by atoms with E-state index >= 15 is 0 Å². The van der Waals surface area contributed by atoms with E-state index in [0.29, 0.717) is 29.3 Å². The lowest BCUT2D eigenvalue weighted by atomic mass is 9.66. The van der Waals surface area contributed by atoms with Crippen molar-refractivity contribution in [2.45, 2.75) is 83.0 Å². The molecule has 1 aliphatic heterocycles. The molecular formula is C31H36ClNO5. The zero-order valence-electron chi connectivity index (χ0n) is 22.1. The lowest BCUT2D eigenvalue weighted by molar-refractivity contribution is -0.161. The van der Waals surface area contributed by atoms with E-state index in [1.54, 1.807) is 19.1 Å². The Kier molecular flexibility index (Phi) is 7.83. The van der Waals surface area contributed by atoms with E-state index < -0.39 is 11.7 Å². The number of halogens is 1. The number of benzene rings is 2. The number of likely N-dealkylation sites (tertiary alicyclic amines) is 1. The molecule has 0 unspecified atom stereocenters. The number of piperidine rings is 1. The molecule has 2 fully saturated rings. The van der Waals surface area contributed by atoms with Gasteiger partial charge in [0.05, 0.1) is 11.6 Å². The summed E-state index contributed by atoms with van der Waals surface area (Å²) >= 11 is 6.16. The summed E-state index contributed by atoms with van der Waals surface area (Å²) < 4.78 is 11.6. The molecule has 7 heteroatoms. The van der Waals surface area contributed by atoms with Gasteiger partial charge in [0.25, 0.3) is 5.91 Å². The number of hydrogen-bond acceptors (Lipinski definition) is 5. The van der Waals surface area contributed by atoms with Crippen molar-refractivity contribution < 1.29 is 19.1 Å². The van der Waals surface area contributed by atoms with Crippen LogP contribution in [0.5, 0.6) is 5.75 Å². The van der Waals surface area contributed by atoms with Crippen LogP contribution in [-0.2, 0) is 11.2 Å². The average molecular weight is 538 g/mol. The van der Waals surface area contributed by atoms with Gasteiger partial charge in [-0.05, 0) is 74.4 Å². The molecule has 3 aromatic rings. The van der Waals surface area contributed by atoms with Crippen LogP contribution in [0.3, 0.4) is 0 Å². The summed E-state index contributed by atoms with van der Waals surface area (Å²) in [6, 6.07) is 14.3. The van der Waals surface area contributed by atoms with Gasteiger partial charge < -0.3 is 19.2 Å². The molecule has 4 atom stereocenters. The minimum atomic E-state index is -0.769. The Morgan fingerprint density at radius 2 is 1.97 bits per heavy atom. The summed E-state index contributed by atoms with van der Waals surface area (Å²) in [6.45, 7) is 4.33. The number of rotatable bonds is 7. The second kappa shape index (κ2) is 11.1. The van der Waals surface area contributed by atoms with Crippen LogP contribution < -0.4 is 10.4 Å². The largest absolute Gasteiger partial charge is 0.481 e. The lowest BCUT2D eigenvalue weighted by Gasteiger charge is -2.53. The summed E-state index contributed by atoms with van der Waals surface area (Å²) in [4.78, 5) is 27.9. The van der Waals surface area contributed by atoms with Gasteiger partial charge in [-0.1, -0.05) is 49.9 Å². The third kappa shape index (κ3) is 5.34. The van der Waals surface area contributed by atoms with E-state index in [0.717, 1.165) is 61.5 Å². The summed E-state index contributed by atoms with van der Waals surface area (Å²) in [5.74, 6) is 0.304. The molecule has 2 aliphatic rings. The number of unbranched alkanes of at least 4 members (excludes halogenated alkanes) is 1. The van der Waals surface area contributed by atoms with E-state index in [1.165, 1.54) is 0 Å². The Labute approximate surface area is 228 Å². The Bertz CT molecular complexity index is 1350. The molecule has 1 N–H and O–H groups in total. The fourth-order valence-corrected chi connectivity index (χ4v) is 6.47. The first kappa shape index (κ1) is 26.8. The van der Waals surface area contributed by atoms with Gasteiger partial charge in [-0.3, -0.25) is 4.79 Å². The molecule has 1 aromatic heterocycles. The van der Waals surface area contributed by atoms with Crippen LogP contribution in [0.2, 0.25) is 5.02 Å². The minimum Gasteiger partial charge on any atom is -0.481 e.